The summed E-state index contributed by atoms with van der Waals surface area (Å²) in [6, 6.07) is 0. The molecule has 0 spiro atoms. The van der Waals surface area contributed by atoms with E-state index in [1.54, 1.807) is 0 Å². The van der Waals surface area contributed by atoms with Gasteiger partial charge >= 0.3 is 0 Å². The molecule has 0 N–H and O–H groups in total. The van der Waals surface area contributed by atoms with Crippen LogP contribution in [0.25, 0.3) is 0 Å². The minimum Gasteiger partial charge on any atom is -0.271 e. The molecule has 0 saturated carbocycles. The summed E-state index contributed by atoms with van der Waals surface area (Å²) < 4.78 is 1.92. The summed E-state index contributed by atoms with van der Waals surface area (Å²) in [6.45, 7) is 6.52. The number of nitrogens with zero attached hydrogens (tertiary/aromatic N) is 2. The molecule has 1 aromatic heterocycles. The van der Waals surface area contributed by atoms with Gasteiger partial charge in [0.05, 0.1) is 16.4 Å². The van der Waals surface area contributed by atoms with Crippen LogP contribution in [-0.2, 0) is 19.9 Å². The maximum Gasteiger partial charge on any atom is 0.0849 e. The van der Waals surface area contributed by atoms with Crippen molar-refractivity contribution in [1.29, 1.82) is 0 Å². The van der Waals surface area contributed by atoms with Crippen LogP contribution in [0.3, 0.4) is 0 Å². The summed E-state index contributed by atoms with van der Waals surface area (Å²) >= 11 is 10.0. The van der Waals surface area contributed by atoms with Crippen LogP contribution >= 0.6 is 27.5 Å². The van der Waals surface area contributed by atoms with Crippen LogP contribution < -0.4 is 0 Å². The van der Waals surface area contributed by atoms with E-state index in [9.17, 15) is 0 Å². The fourth-order valence-electron chi connectivity index (χ4n) is 1.88. The van der Waals surface area contributed by atoms with Gasteiger partial charge < -0.3 is 0 Å². The predicted molar refractivity (Wildman–Crippen MR) is 73.5 cm³/mol. The highest BCUT2D eigenvalue weighted by Crippen LogP contribution is 2.27. The smallest absolute Gasteiger partial charge is 0.0849 e. The average molecular weight is 308 g/mol. The van der Waals surface area contributed by atoms with E-state index in [1.807, 2.05) is 11.7 Å². The molecule has 0 aromatic carbocycles. The van der Waals surface area contributed by atoms with Crippen molar-refractivity contribution in [2.24, 2.45) is 13.0 Å². The molecule has 0 aliphatic rings. The zero-order valence-electron chi connectivity index (χ0n) is 10.4. The maximum atomic E-state index is 6.32. The van der Waals surface area contributed by atoms with Gasteiger partial charge in [0.25, 0.3) is 0 Å². The Morgan fingerprint density at radius 1 is 1.44 bits per heavy atom. The SMILES string of the molecule is CCc1nn(C)c(CC(C)C(Br)CC)c1Cl. The van der Waals surface area contributed by atoms with Crippen molar-refractivity contribution in [2.45, 2.75) is 44.9 Å². The highest BCUT2D eigenvalue weighted by atomic mass is 79.9. The molecule has 1 aromatic rings. The van der Waals surface area contributed by atoms with Crippen LogP contribution in [0.4, 0.5) is 0 Å². The summed E-state index contributed by atoms with van der Waals surface area (Å²) in [5.74, 6) is 0.572. The van der Waals surface area contributed by atoms with Crippen LogP contribution in [0.15, 0.2) is 0 Å². The first-order chi connectivity index (χ1) is 7.51. The van der Waals surface area contributed by atoms with E-state index in [0.717, 1.165) is 35.7 Å². The normalized spacial score (nSPS) is 15.1. The second-order valence-corrected chi connectivity index (χ2v) is 5.84. The topological polar surface area (TPSA) is 17.8 Å². The lowest BCUT2D eigenvalue weighted by Gasteiger charge is -2.16. The molecule has 0 radical (unpaired) electrons. The summed E-state index contributed by atoms with van der Waals surface area (Å²) in [4.78, 5) is 0.545. The van der Waals surface area contributed by atoms with Gasteiger partial charge in [-0.3, -0.25) is 4.68 Å². The first-order valence-corrected chi connectivity index (χ1v) is 7.14. The first-order valence-electron chi connectivity index (χ1n) is 5.85. The molecule has 0 bridgehead atoms. The van der Waals surface area contributed by atoms with E-state index in [0.29, 0.717) is 10.7 Å². The lowest BCUT2D eigenvalue weighted by Crippen LogP contribution is -2.14. The van der Waals surface area contributed by atoms with Crippen molar-refractivity contribution in [1.82, 2.24) is 9.78 Å². The quantitative estimate of drug-likeness (QED) is 0.752. The Morgan fingerprint density at radius 3 is 2.50 bits per heavy atom. The lowest BCUT2D eigenvalue weighted by atomic mass is 10.00. The monoisotopic (exact) mass is 306 g/mol. The van der Waals surface area contributed by atoms with Gasteiger partial charge in [-0.2, -0.15) is 5.10 Å². The maximum absolute atomic E-state index is 6.32. The minimum atomic E-state index is 0.545. The fraction of sp³-hybridized carbons (Fsp3) is 0.750. The molecule has 2 atom stereocenters. The van der Waals surface area contributed by atoms with Gasteiger partial charge in [0, 0.05) is 11.9 Å². The van der Waals surface area contributed by atoms with Gasteiger partial charge in [0.1, 0.15) is 0 Å². The number of hydrogen-bond donors (Lipinski definition) is 0. The van der Waals surface area contributed by atoms with E-state index in [4.69, 9.17) is 11.6 Å². The van der Waals surface area contributed by atoms with Crippen molar-refractivity contribution in [3.05, 3.63) is 16.4 Å². The molecule has 0 amide bonds. The van der Waals surface area contributed by atoms with Crippen molar-refractivity contribution in [2.75, 3.05) is 0 Å². The summed E-state index contributed by atoms with van der Waals surface area (Å²) in [6.07, 6.45) is 3.01. The molecule has 16 heavy (non-hydrogen) atoms. The van der Waals surface area contributed by atoms with E-state index >= 15 is 0 Å². The van der Waals surface area contributed by atoms with E-state index in [-0.39, 0.29) is 0 Å². The zero-order chi connectivity index (χ0) is 12.3. The van der Waals surface area contributed by atoms with Crippen molar-refractivity contribution < 1.29 is 0 Å². The molecule has 1 rings (SSSR count). The summed E-state index contributed by atoms with van der Waals surface area (Å²) in [5, 5.41) is 5.29. The molecule has 92 valence electrons. The number of aryl methyl sites for hydroxylation is 2. The molecule has 4 heteroatoms. The Morgan fingerprint density at radius 2 is 2.06 bits per heavy atom. The van der Waals surface area contributed by atoms with Gasteiger partial charge in [0.2, 0.25) is 0 Å². The van der Waals surface area contributed by atoms with E-state index in [1.165, 1.54) is 0 Å². The Kier molecular flexibility index (Phi) is 5.32. The molecular formula is C12H20BrClN2. The van der Waals surface area contributed by atoms with Crippen molar-refractivity contribution in [3.63, 3.8) is 0 Å². The highest BCUT2D eigenvalue weighted by molar-refractivity contribution is 9.09. The second-order valence-electron chi connectivity index (χ2n) is 4.29. The highest BCUT2D eigenvalue weighted by Gasteiger charge is 2.19. The first kappa shape index (κ1) is 14.0. The standard InChI is InChI=1S/C12H20BrClN2/c1-5-9(13)8(3)7-11-12(14)10(6-2)15-16(11)4/h8-9H,5-7H2,1-4H3. The Labute approximate surface area is 111 Å². The van der Waals surface area contributed by atoms with E-state index < -0.39 is 0 Å². The Balaban J connectivity index is 2.84. The van der Waals surface area contributed by atoms with Crippen LogP contribution in [0.1, 0.15) is 38.6 Å². The minimum absolute atomic E-state index is 0.545. The predicted octanol–water partition coefficient (Wildman–Crippen LogP) is 3.99. The Hall–Kier alpha value is -0.0200. The second kappa shape index (κ2) is 6.06. The third-order valence-electron chi connectivity index (χ3n) is 3.03. The van der Waals surface area contributed by atoms with Crippen LogP contribution in [0.5, 0.6) is 0 Å². The molecular weight excluding hydrogens is 288 g/mol. The number of aromatic nitrogens is 2. The van der Waals surface area contributed by atoms with Gasteiger partial charge in [0.15, 0.2) is 0 Å². The van der Waals surface area contributed by atoms with Crippen molar-refractivity contribution in [3.8, 4) is 0 Å². The molecule has 0 fully saturated rings. The summed E-state index contributed by atoms with van der Waals surface area (Å²) in [7, 11) is 1.97. The molecule has 1 heterocycles. The molecule has 0 saturated heterocycles. The van der Waals surface area contributed by atoms with Crippen LogP contribution in [-0.4, -0.2) is 14.6 Å². The zero-order valence-corrected chi connectivity index (χ0v) is 12.8. The van der Waals surface area contributed by atoms with E-state index in [2.05, 4.69) is 41.8 Å². The molecule has 2 unspecified atom stereocenters. The van der Waals surface area contributed by atoms with Gasteiger partial charge in [-0.15, -0.1) is 0 Å². The molecule has 2 nitrogen and oxygen atoms in total. The fourth-order valence-corrected chi connectivity index (χ4v) is 2.43. The van der Waals surface area contributed by atoms with Crippen molar-refractivity contribution >= 4 is 27.5 Å². The number of halogens is 2. The van der Waals surface area contributed by atoms with Gasteiger partial charge in [-0.05, 0) is 25.2 Å². The number of rotatable bonds is 5. The van der Waals surface area contributed by atoms with Crippen LogP contribution in [0, 0.1) is 5.92 Å². The van der Waals surface area contributed by atoms with Crippen LogP contribution in [0.2, 0.25) is 5.02 Å². The third-order valence-corrected chi connectivity index (χ3v) is 5.01. The molecule has 0 aliphatic heterocycles. The van der Waals surface area contributed by atoms with Gasteiger partial charge in [-0.25, -0.2) is 0 Å². The molecule has 0 aliphatic carbocycles. The third kappa shape index (κ3) is 3.01. The number of alkyl halides is 1. The number of hydrogen-bond acceptors (Lipinski definition) is 1. The summed E-state index contributed by atoms with van der Waals surface area (Å²) in [5.41, 5.74) is 2.16. The lowest BCUT2D eigenvalue weighted by molar-refractivity contribution is 0.522. The largest absolute Gasteiger partial charge is 0.271 e. The van der Waals surface area contributed by atoms with Gasteiger partial charge in [-0.1, -0.05) is 48.3 Å². The Bertz CT molecular complexity index is 349. The average Bonchev–Trinajstić information content (AvgIpc) is 2.55.